The summed E-state index contributed by atoms with van der Waals surface area (Å²) in [6.07, 6.45) is 2.17. The highest BCUT2D eigenvalue weighted by Gasteiger charge is 2.17. The number of non-ortho nitro benzene ring substituents is 1. The largest absolute Gasteiger partial charge is 0.506 e. The first kappa shape index (κ1) is 14.5. The van der Waals surface area contributed by atoms with E-state index in [1.165, 1.54) is 16.8 Å². The van der Waals surface area contributed by atoms with Crippen LogP contribution >= 0.6 is 0 Å². The lowest BCUT2D eigenvalue weighted by molar-refractivity contribution is -0.384. The summed E-state index contributed by atoms with van der Waals surface area (Å²) >= 11 is 0. The Kier molecular flexibility index (Phi) is 3.88. The molecule has 0 radical (unpaired) electrons. The van der Waals surface area contributed by atoms with E-state index in [-0.39, 0.29) is 17.1 Å². The van der Waals surface area contributed by atoms with Gasteiger partial charge in [0.15, 0.2) is 0 Å². The maximum atomic E-state index is 12.2. The van der Waals surface area contributed by atoms with Crippen molar-refractivity contribution >= 4 is 17.3 Å². The fraction of sp³-hybridized carbons (Fsp3) is 0.231. The fourth-order valence-electron chi connectivity index (χ4n) is 1.91. The van der Waals surface area contributed by atoms with Gasteiger partial charge in [-0.05, 0) is 12.5 Å². The molecule has 0 atom stereocenters. The molecule has 0 bridgehead atoms. The first-order valence-corrected chi connectivity index (χ1v) is 6.23. The van der Waals surface area contributed by atoms with Gasteiger partial charge < -0.3 is 10.4 Å². The van der Waals surface area contributed by atoms with E-state index in [2.05, 4.69) is 10.4 Å². The summed E-state index contributed by atoms with van der Waals surface area (Å²) in [6.45, 7) is 1.88. The number of aromatic hydroxyl groups is 1. The second kappa shape index (κ2) is 5.61. The van der Waals surface area contributed by atoms with Crippen molar-refractivity contribution < 1.29 is 14.8 Å². The molecule has 0 saturated heterocycles. The van der Waals surface area contributed by atoms with Crippen molar-refractivity contribution in [2.24, 2.45) is 7.05 Å². The number of nitrogens with one attached hydrogen (secondary N) is 1. The molecule has 2 rings (SSSR count). The summed E-state index contributed by atoms with van der Waals surface area (Å²) in [5.41, 5.74) is 0.895. The third-order valence-corrected chi connectivity index (χ3v) is 2.93. The minimum Gasteiger partial charge on any atom is -0.506 e. The number of aryl methyl sites for hydroxylation is 2. The number of hydrogen-bond donors (Lipinski definition) is 2. The molecule has 1 heterocycles. The lowest BCUT2D eigenvalue weighted by atomic mass is 10.2. The number of nitro benzene ring substituents is 1. The van der Waals surface area contributed by atoms with Gasteiger partial charge >= 0.3 is 0 Å². The summed E-state index contributed by atoms with van der Waals surface area (Å²) in [6, 6.07) is 3.48. The highest BCUT2D eigenvalue weighted by molar-refractivity contribution is 6.05. The number of hydrogen-bond acceptors (Lipinski definition) is 5. The van der Waals surface area contributed by atoms with Crippen LogP contribution in [0.5, 0.6) is 5.75 Å². The first-order valence-electron chi connectivity index (χ1n) is 6.23. The molecule has 1 aromatic carbocycles. The fourth-order valence-corrected chi connectivity index (χ4v) is 1.91. The number of aromatic nitrogens is 2. The predicted octanol–water partition coefficient (Wildman–Crippen LogP) is 1.85. The van der Waals surface area contributed by atoms with Crippen LogP contribution in [-0.4, -0.2) is 25.7 Å². The van der Waals surface area contributed by atoms with Crippen molar-refractivity contribution in [2.75, 3.05) is 5.32 Å². The van der Waals surface area contributed by atoms with Gasteiger partial charge in [-0.25, -0.2) is 0 Å². The van der Waals surface area contributed by atoms with Crippen LogP contribution in [0.25, 0.3) is 0 Å². The number of rotatable bonds is 4. The average molecular weight is 290 g/mol. The van der Waals surface area contributed by atoms with Crippen LogP contribution < -0.4 is 5.32 Å². The lowest BCUT2D eigenvalue weighted by Gasteiger charge is -2.06. The molecule has 0 aliphatic carbocycles. The number of nitro groups is 1. The smallest absolute Gasteiger partial charge is 0.273 e. The van der Waals surface area contributed by atoms with Crippen LogP contribution in [0.3, 0.4) is 0 Å². The molecule has 0 saturated carbocycles. The summed E-state index contributed by atoms with van der Waals surface area (Å²) in [5.74, 6) is -0.788. The van der Waals surface area contributed by atoms with Gasteiger partial charge in [-0.15, -0.1) is 0 Å². The lowest BCUT2D eigenvalue weighted by Crippen LogP contribution is -2.13. The minimum atomic E-state index is -0.623. The molecular formula is C13H14N4O4. The van der Waals surface area contributed by atoms with Gasteiger partial charge in [0.1, 0.15) is 5.75 Å². The second-order valence-corrected chi connectivity index (χ2v) is 4.43. The number of amides is 1. The van der Waals surface area contributed by atoms with E-state index in [0.717, 1.165) is 6.07 Å². The standard InChI is InChI=1S/C13H14N4O4/c1-3-10-9(7-16(2)15-10)13(19)14-11-5-4-8(17(20)21)6-12(11)18/h4-7,18H,3H2,1-2H3,(H,14,19). The maximum absolute atomic E-state index is 12.2. The Bertz CT molecular complexity index is 708. The second-order valence-electron chi connectivity index (χ2n) is 4.43. The van der Waals surface area contributed by atoms with Gasteiger partial charge in [-0.2, -0.15) is 5.10 Å². The van der Waals surface area contributed by atoms with E-state index < -0.39 is 10.8 Å². The van der Waals surface area contributed by atoms with Crippen molar-refractivity contribution in [3.05, 3.63) is 45.8 Å². The minimum absolute atomic E-state index is 0.108. The first-order chi connectivity index (χ1) is 9.92. The zero-order valence-corrected chi connectivity index (χ0v) is 11.5. The Morgan fingerprint density at radius 3 is 2.81 bits per heavy atom. The van der Waals surface area contributed by atoms with Crippen LogP contribution in [0.15, 0.2) is 24.4 Å². The third-order valence-electron chi connectivity index (χ3n) is 2.93. The predicted molar refractivity (Wildman–Crippen MR) is 75.3 cm³/mol. The summed E-state index contributed by atoms with van der Waals surface area (Å²) in [4.78, 5) is 22.1. The number of benzene rings is 1. The molecule has 1 aromatic heterocycles. The number of carbonyl (C=O) groups is 1. The van der Waals surface area contributed by atoms with E-state index in [1.807, 2.05) is 6.92 Å². The molecule has 8 heteroatoms. The quantitative estimate of drug-likeness (QED) is 0.507. The highest BCUT2D eigenvalue weighted by atomic mass is 16.6. The molecule has 21 heavy (non-hydrogen) atoms. The zero-order chi connectivity index (χ0) is 15.6. The molecular weight excluding hydrogens is 276 g/mol. The zero-order valence-electron chi connectivity index (χ0n) is 11.5. The normalized spacial score (nSPS) is 10.4. The Hall–Kier alpha value is -2.90. The van der Waals surface area contributed by atoms with Crippen LogP contribution in [-0.2, 0) is 13.5 Å². The third kappa shape index (κ3) is 2.99. The van der Waals surface area contributed by atoms with Gasteiger partial charge in [0.25, 0.3) is 11.6 Å². The molecule has 1 amide bonds. The molecule has 0 aliphatic rings. The number of phenols is 1. The Balaban J connectivity index is 2.25. The van der Waals surface area contributed by atoms with E-state index in [9.17, 15) is 20.0 Å². The molecule has 0 unspecified atom stereocenters. The van der Waals surface area contributed by atoms with Crippen molar-refractivity contribution in [3.8, 4) is 5.75 Å². The summed E-state index contributed by atoms with van der Waals surface area (Å²) in [5, 5.41) is 27.0. The molecule has 0 fully saturated rings. The SMILES string of the molecule is CCc1nn(C)cc1C(=O)Nc1ccc([N+](=O)[O-])cc1O. The van der Waals surface area contributed by atoms with Gasteiger partial charge in [0.2, 0.25) is 0 Å². The van der Waals surface area contributed by atoms with E-state index >= 15 is 0 Å². The van der Waals surface area contributed by atoms with Gasteiger partial charge in [0, 0.05) is 19.3 Å². The molecule has 110 valence electrons. The van der Waals surface area contributed by atoms with Crippen LogP contribution in [0.4, 0.5) is 11.4 Å². The van der Waals surface area contributed by atoms with E-state index in [4.69, 9.17) is 0 Å². The average Bonchev–Trinajstić information content (AvgIpc) is 2.82. The van der Waals surface area contributed by atoms with Crippen molar-refractivity contribution in [1.29, 1.82) is 0 Å². The van der Waals surface area contributed by atoms with Crippen molar-refractivity contribution in [3.63, 3.8) is 0 Å². The van der Waals surface area contributed by atoms with Gasteiger partial charge in [-0.3, -0.25) is 19.6 Å². The maximum Gasteiger partial charge on any atom is 0.273 e. The Labute approximate surface area is 120 Å². The Morgan fingerprint density at radius 1 is 1.52 bits per heavy atom. The van der Waals surface area contributed by atoms with Crippen LogP contribution in [0, 0.1) is 10.1 Å². The molecule has 2 aromatic rings. The molecule has 2 N–H and O–H groups in total. The summed E-state index contributed by atoms with van der Waals surface area (Å²) in [7, 11) is 1.71. The number of nitrogens with zero attached hydrogens (tertiary/aromatic N) is 3. The topological polar surface area (TPSA) is 110 Å². The molecule has 8 nitrogen and oxygen atoms in total. The van der Waals surface area contributed by atoms with E-state index in [1.54, 1.807) is 13.2 Å². The van der Waals surface area contributed by atoms with Gasteiger partial charge in [-0.1, -0.05) is 6.92 Å². The van der Waals surface area contributed by atoms with E-state index in [0.29, 0.717) is 17.7 Å². The van der Waals surface area contributed by atoms with Crippen molar-refractivity contribution in [1.82, 2.24) is 9.78 Å². The number of carbonyl (C=O) groups excluding carboxylic acids is 1. The summed E-state index contributed by atoms with van der Waals surface area (Å²) < 4.78 is 1.53. The van der Waals surface area contributed by atoms with Gasteiger partial charge in [0.05, 0.1) is 27.9 Å². The van der Waals surface area contributed by atoms with Crippen molar-refractivity contribution in [2.45, 2.75) is 13.3 Å². The van der Waals surface area contributed by atoms with Crippen LogP contribution in [0.1, 0.15) is 23.0 Å². The van der Waals surface area contributed by atoms with Crippen LogP contribution in [0.2, 0.25) is 0 Å². The number of anilines is 1. The number of phenolic OH excluding ortho intramolecular Hbond substituents is 1. The monoisotopic (exact) mass is 290 g/mol. The molecule has 0 spiro atoms. The Morgan fingerprint density at radius 2 is 2.24 bits per heavy atom. The molecule has 0 aliphatic heterocycles. The highest BCUT2D eigenvalue weighted by Crippen LogP contribution is 2.28.